The van der Waals surface area contributed by atoms with E-state index >= 15 is 0 Å². The summed E-state index contributed by atoms with van der Waals surface area (Å²) in [5.74, 6) is -0.707. The van der Waals surface area contributed by atoms with Crippen molar-refractivity contribution in [3.63, 3.8) is 0 Å². The molecule has 1 aliphatic rings. The average Bonchev–Trinajstić information content (AvgIpc) is 2.80. The molecule has 0 saturated carbocycles. The summed E-state index contributed by atoms with van der Waals surface area (Å²) in [5, 5.41) is 0. The number of benzene rings is 1. The molecule has 23 heavy (non-hydrogen) atoms. The number of allylic oxidation sites excluding steroid dienone is 1. The SMILES string of the molecule is C=CCN1C(=O)/C(=C\c2ccc(CC)cc2)C(C(=O)OC)=C1C. The predicted octanol–water partition coefficient (Wildman–Crippen LogP) is 3.11. The van der Waals surface area contributed by atoms with Crippen LogP contribution in [0.3, 0.4) is 0 Å². The predicted molar refractivity (Wildman–Crippen MR) is 90.4 cm³/mol. The monoisotopic (exact) mass is 311 g/mol. The fraction of sp³-hybridized carbons (Fsp3) is 0.263. The molecule has 1 aromatic rings. The second kappa shape index (κ2) is 7.09. The Hall–Kier alpha value is -2.62. The van der Waals surface area contributed by atoms with E-state index in [1.807, 2.05) is 24.3 Å². The molecule has 0 radical (unpaired) electrons. The van der Waals surface area contributed by atoms with Crippen molar-refractivity contribution in [3.8, 4) is 0 Å². The van der Waals surface area contributed by atoms with Crippen LogP contribution in [0.1, 0.15) is 25.0 Å². The van der Waals surface area contributed by atoms with Crippen LogP contribution in [0.15, 0.2) is 53.8 Å². The molecular weight excluding hydrogens is 290 g/mol. The van der Waals surface area contributed by atoms with E-state index in [1.165, 1.54) is 17.6 Å². The van der Waals surface area contributed by atoms with Crippen LogP contribution in [-0.2, 0) is 20.7 Å². The molecule has 1 heterocycles. The second-order valence-corrected chi connectivity index (χ2v) is 5.31. The fourth-order valence-corrected chi connectivity index (χ4v) is 2.59. The van der Waals surface area contributed by atoms with Crippen LogP contribution in [0.2, 0.25) is 0 Å². The zero-order valence-electron chi connectivity index (χ0n) is 13.8. The molecule has 0 atom stereocenters. The summed E-state index contributed by atoms with van der Waals surface area (Å²) in [4.78, 5) is 26.3. The largest absolute Gasteiger partial charge is 0.465 e. The Morgan fingerprint density at radius 1 is 1.30 bits per heavy atom. The quantitative estimate of drug-likeness (QED) is 0.477. The van der Waals surface area contributed by atoms with Crippen LogP contribution in [0.5, 0.6) is 0 Å². The van der Waals surface area contributed by atoms with Gasteiger partial charge in [-0.15, -0.1) is 6.58 Å². The Morgan fingerprint density at radius 2 is 1.96 bits per heavy atom. The maximum Gasteiger partial charge on any atom is 0.340 e. The van der Waals surface area contributed by atoms with Crippen LogP contribution in [0.4, 0.5) is 0 Å². The third-order valence-electron chi connectivity index (χ3n) is 3.91. The van der Waals surface area contributed by atoms with Crippen LogP contribution in [-0.4, -0.2) is 30.4 Å². The van der Waals surface area contributed by atoms with Crippen molar-refractivity contribution in [2.45, 2.75) is 20.3 Å². The van der Waals surface area contributed by atoms with E-state index in [2.05, 4.69) is 13.5 Å². The van der Waals surface area contributed by atoms with Gasteiger partial charge in [-0.05, 0) is 30.5 Å². The van der Waals surface area contributed by atoms with Crippen LogP contribution in [0, 0.1) is 0 Å². The maximum atomic E-state index is 12.6. The van der Waals surface area contributed by atoms with E-state index < -0.39 is 5.97 Å². The van der Waals surface area contributed by atoms with E-state index in [-0.39, 0.29) is 5.91 Å². The summed E-state index contributed by atoms with van der Waals surface area (Å²) in [6, 6.07) is 7.92. The first-order chi connectivity index (χ1) is 11.0. The zero-order chi connectivity index (χ0) is 17.0. The molecule has 1 amide bonds. The number of ether oxygens (including phenoxy) is 1. The van der Waals surface area contributed by atoms with Crippen LogP contribution in [0.25, 0.3) is 6.08 Å². The molecule has 0 saturated heterocycles. The number of rotatable bonds is 5. The number of hydrogen-bond acceptors (Lipinski definition) is 3. The fourth-order valence-electron chi connectivity index (χ4n) is 2.59. The Balaban J connectivity index is 2.48. The van der Waals surface area contributed by atoms with Gasteiger partial charge in [0.15, 0.2) is 0 Å². The summed E-state index contributed by atoms with van der Waals surface area (Å²) >= 11 is 0. The second-order valence-electron chi connectivity index (χ2n) is 5.31. The first-order valence-electron chi connectivity index (χ1n) is 7.56. The molecule has 0 N–H and O–H groups in total. The number of hydrogen-bond donors (Lipinski definition) is 0. The molecule has 1 aromatic carbocycles. The van der Waals surface area contributed by atoms with Gasteiger partial charge in [0, 0.05) is 12.2 Å². The van der Waals surface area contributed by atoms with Gasteiger partial charge in [-0.3, -0.25) is 4.79 Å². The van der Waals surface area contributed by atoms with E-state index in [0.29, 0.717) is 23.4 Å². The molecule has 0 unspecified atom stereocenters. The summed E-state index contributed by atoms with van der Waals surface area (Å²) in [5.41, 5.74) is 3.37. The van der Waals surface area contributed by atoms with Gasteiger partial charge in [-0.2, -0.15) is 0 Å². The smallest absolute Gasteiger partial charge is 0.340 e. The number of carbonyl (C=O) groups excluding carboxylic acids is 2. The highest BCUT2D eigenvalue weighted by Gasteiger charge is 2.36. The van der Waals surface area contributed by atoms with Crippen molar-refractivity contribution in [3.05, 3.63) is 64.9 Å². The molecule has 0 aromatic heterocycles. The van der Waals surface area contributed by atoms with Gasteiger partial charge in [0.2, 0.25) is 0 Å². The normalized spacial score (nSPS) is 16.2. The first-order valence-corrected chi connectivity index (χ1v) is 7.56. The molecule has 4 heteroatoms. The maximum absolute atomic E-state index is 12.6. The van der Waals surface area contributed by atoms with E-state index in [1.54, 1.807) is 19.1 Å². The number of esters is 1. The number of nitrogens with zero attached hydrogens (tertiary/aromatic N) is 1. The lowest BCUT2D eigenvalue weighted by atomic mass is 10.0. The summed E-state index contributed by atoms with van der Waals surface area (Å²) < 4.78 is 4.84. The number of carbonyl (C=O) groups is 2. The van der Waals surface area contributed by atoms with Crippen LogP contribution < -0.4 is 0 Å². The molecule has 0 aliphatic carbocycles. The van der Waals surface area contributed by atoms with Gasteiger partial charge in [-0.25, -0.2) is 4.79 Å². The van der Waals surface area contributed by atoms with E-state index in [9.17, 15) is 9.59 Å². The van der Waals surface area contributed by atoms with Gasteiger partial charge in [0.1, 0.15) is 0 Å². The van der Waals surface area contributed by atoms with Crippen molar-refractivity contribution in [2.75, 3.05) is 13.7 Å². The Morgan fingerprint density at radius 3 is 2.48 bits per heavy atom. The molecule has 2 rings (SSSR count). The van der Waals surface area contributed by atoms with Crippen molar-refractivity contribution in [1.82, 2.24) is 4.90 Å². The third kappa shape index (κ3) is 3.26. The Kier molecular flexibility index (Phi) is 5.16. The molecule has 120 valence electrons. The lowest BCUT2D eigenvalue weighted by molar-refractivity contribution is -0.136. The highest BCUT2D eigenvalue weighted by Crippen LogP contribution is 2.31. The van der Waals surface area contributed by atoms with Gasteiger partial charge in [0.05, 0.1) is 18.3 Å². The van der Waals surface area contributed by atoms with Crippen molar-refractivity contribution >= 4 is 18.0 Å². The lowest BCUT2D eigenvalue weighted by Gasteiger charge is -2.14. The summed E-state index contributed by atoms with van der Waals surface area (Å²) in [6.07, 6.45) is 4.32. The Labute approximate surface area is 136 Å². The number of methoxy groups -OCH3 is 1. The molecule has 0 bridgehead atoms. The minimum atomic E-state index is -0.501. The minimum absolute atomic E-state index is 0.206. The third-order valence-corrected chi connectivity index (χ3v) is 3.91. The summed E-state index contributed by atoms with van der Waals surface area (Å²) in [6.45, 7) is 7.85. The van der Waals surface area contributed by atoms with Gasteiger partial charge in [0.25, 0.3) is 5.91 Å². The standard InChI is InChI=1S/C19H21NO3/c1-5-11-20-13(3)17(19(22)23-4)16(18(20)21)12-15-9-7-14(6-2)8-10-15/h5,7-10,12H,1,6,11H2,2-4H3/b16-12-. The topological polar surface area (TPSA) is 46.6 Å². The highest BCUT2D eigenvalue weighted by atomic mass is 16.5. The van der Waals surface area contributed by atoms with E-state index in [0.717, 1.165) is 12.0 Å². The van der Waals surface area contributed by atoms with Gasteiger partial charge >= 0.3 is 5.97 Å². The molecule has 0 fully saturated rings. The van der Waals surface area contributed by atoms with Crippen molar-refractivity contribution in [1.29, 1.82) is 0 Å². The molecular formula is C19H21NO3. The van der Waals surface area contributed by atoms with Crippen molar-refractivity contribution in [2.24, 2.45) is 0 Å². The number of amides is 1. The van der Waals surface area contributed by atoms with E-state index in [4.69, 9.17) is 4.74 Å². The number of aryl methyl sites for hydroxylation is 1. The zero-order valence-corrected chi connectivity index (χ0v) is 13.8. The molecule has 0 spiro atoms. The Bertz CT molecular complexity index is 696. The summed E-state index contributed by atoms with van der Waals surface area (Å²) in [7, 11) is 1.32. The van der Waals surface area contributed by atoms with Crippen LogP contribution >= 0.6 is 0 Å². The lowest BCUT2D eigenvalue weighted by Crippen LogP contribution is -2.24. The minimum Gasteiger partial charge on any atom is -0.465 e. The van der Waals surface area contributed by atoms with Gasteiger partial charge < -0.3 is 9.64 Å². The van der Waals surface area contributed by atoms with Crippen molar-refractivity contribution < 1.29 is 14.3 Å². The average molecular weight is 311 g/mol. The molecule has 4 nitrogen and oxygen atoms in total. The van der Waals surface area contributed by atoms with Gasteiger partial charge in [-0.1, -0.05) is 37.3 Å². The first kappa shape index (κ1) is 16.7. The highest BCUT2D eigenvalue weighted by molar-refractivity contribution is 6.16. The molecule has 1 aliphatic heterocycles.